The predicted octanol–water partition coefficient (Wildman–Crippen LogP) is 2.70. The topological polar surface area (TPSA) is 110 Å². The summed E-state index contributed by atoms with van der Waals surface area (Å²) in [5.74, 6) is -0.650. The minimum absolute atomic E-state index is 0.325. The molecule has 2 unspecified atom stereocenters. The van der Waals surface area contributed by atoms with Crippen molar-refractivity contribution in [2.24, 2.45) is 11.5 Å². The molecule has 0 spiro atoms. The number of benzene rings is 3. The number of amides is 2. The molecule has 3 aromatic carbocycles. The van der Waals surface area contributed by atoms with Gasteiger partial charge in [-0.15, -0.1) is 0 Å². The van der Waals surface area contributed by atoms with E-state index in [1.54, 1.807) is 24.3 Å². The Balaban J connectivity index is 1.62. The monoisotopic (exact) mass is 402 g/mol. The van der Waals surface area contributed by atoms with E-state index in [9.17, 15) is 9.59 Å². The lowest BCUT2D eigenvalue weighted by Gasteiger charge is -2.17. The van der Waals surface area contributed by atoms with Crippen LogP contribution in [0.4, 0.5) is 11.4 Å². The number of para-hydroxylation sites is 2. The average molecular weight is 402 g/mol. The highest BCUT2D eigenvalue weighted by Gasteiger charge is 2.18. The van der Waals surface area contributed by atoms with Gasteiger partial charge in [0.05, 0.1) is 23.5 Å². The first-order chi connectivity index (χ1) is 14.5. The van der Waals surface area contributed by atoms with Crippen molar-refractivity contribution in [2.75, 3.05) is 10.6 Å². The zero-order valence-electron chi connectivity index (χ0n) is 16.6. The molecule has 0 radical (unpaired) electrons. The predicted molar refractivity (Wildman–Crippen MR) is 120 cm³/mol. The van der Waals surface area contributed by atoms with Crippen LogP contribution in [0.3, 0.4) is 0 Å². The maximum atomic E-state index is 12.6. The molecule has 0 heterocycles. The van der Waals surface area contributed by atoms with Crippen LogP contribution in [-0.4, -0.2) is 23.9 Å². The van der Waals surface area contributed by atoms with Gasteiger partial charge >= 0.3 is 0 Å². The molecule has 0 saturated heterocycles. The maximum absolute atomic E-state index is 12.6. The fourth-order valence-corrected chi connectivity index (χ4v) is 3.07. The highest BCUT2D eigenvalue weighted by molar-refractivity contribution is 6.02. The lowest BCUT2D eigenvalue weighted by atomic mass is 10.1. The molecule has 30 heavy (non-hydrogen) atoms. The SMILES string of the molecule is NC(Cc1ccccc1)C(=O)Nc1ccccc1NC(=O)C(N)Cc1ccccc1. The third-order valence-electron chi connectivity index (χ3n) is 4.71. The van der Waals surface area contributed by atoms with E-state index in [1.807, 2.05) is 60.7 Å². The Hall–Kier alpha value is -3.48. The Labute approximate surface area is 176 Å². The standard InChI is InChI=1S/C24H26N4O2/c25-19(15-17-9-3-1-4-10-17)23(29)27-21-13-7-8-14-22(21)28-24(30)20(26)16-18-11-5-2-6-12-18/h1-14,19-20H,15-16,25-26H2,(H,27,29)(H,28,30). The van der Waals surface area contributed by atoms with Gasteiger partial charge in [-0.2, -0.15) is 0 Å². The molecular formula is C24H26N4O2. The molecule has 2 atom stereocenters. The van der Waals surface area contributed by atoms with E-state index in [-0.39, 0.29) is 11.8 Å². The summed E-state index contributed by atoms with van der Waals surface area (Å²) in [4.78, 5) is 25.1. The van der Waals surface area contributed by atoms with E-state index >= 15 is 0 Å². The zero-order chi connectivity index (χ0) is 21.3. The smallest absolute Gasteiger partial charge is 0.241 e. The lowest BCUT2D eigenvalue weighted by Crippen LogP contribution is -2.39. The molecule has 0 saturated carbocycles. The van der Waals surface area contributed by atoms with E-state index in [0.29, 0.717) is 24.2 Å². The Kier molecular flexibility index (Phi) is 7.32. The zero-order valence-corrected chi connectivity index (χ0v) is 16.6. The second-order valence-electron chi connectivity index (χ2n) is 7.12. The van der Waals surface area contributed by atoms with E-state index in [0.717, 1.165) is 11.1 Å². The highest BCUT2D eigenvalue weighted by atomic mass is 16.2. The van der Waals surface area contributed by atoms with Gasteiger partial charge in [-0.1, -0.05) is 72.8 Å². The van der Waals surface area contributed by atoms with Crippen LogP contribution in [0.25, 0.3) is 0 Å². The quantitative estimate of drug-likeness (QED) is 0.464. The van der Waals surface area contributed by atoms with Crippen molar-refractivity contribution in [1.29, 1.82) is 0 Å². The Bertz CT molecular complexity index is 896. The number of carbonyl (C=O) groups is 2. The Morgan fingerprint density at radius 2 is 0.933 bits per heavy atom. The summed E-state index contributed by atoms with van der Waals surface area (Å²) in [6.07, 6.45) is 0.840. The second-order valence-corrected chi connectivity index (χ2v) is 7.12. The number of hydrogen-bond donors (Lipinski definition) is 4. The van der Waals surface area contributed by atoms with Gasteiger partial charge in [-0.05, 0) is 36.1 Å². The number of anilines is 2. The molecule has 3 aromatic rings. The summed E-state index contributed by atoms with van der Waals surface area (Å²) >= 11 is 0. The van der Waals surface area contributed by atoms with Crippen molar-refractivity contribution >= 4 is 23.2 Å². The molecular weight excluding hydrogens is 376 g/mol. The van der Waals surface area contributed by atoms with Crippen molar-refractivity contribution < 1.29 is 9.59 Å². The molecule has 0 bridgehead atoms. The average Bonchev–Trinajstić information content (AvgIpc) is 2.76. The molecule has 0 aliphatic carbocycles. The molecule has 6 nitrogen and oxygen atoms in total. The van der Waals surface area contributed by atoms with Crippen molar-refractivity contribution in [3.8, 4) is 0 Å². The van der Waals surface area contributed by atoms with Crippen molar-refractivity contribution in [1.82, 2.24) is 0 Å². The van der Waals surface area contributed by atoms with Crippen molar-refractivity contribution in [3.63, 3.8) is 0 Å². The number of nitrogens with one attached hydrogen (secondary N) is 2. The van der Waals surface area contributed by atoms with E-state index in [1.165, 1.54) is 0 Å². The van der Waals surface area contributed by atoms with Gasteiger partial charge in [0.25, 0.3) is 0 Å². The van der Waals surface area contributed by atoms with E-state index in [4.69, 9.17) is 11.5 Å². The van der Waals surface area contributed by atoms with Gasteiger partial charge in [0.1, 0.15) is 0 Å². The molecule has 0 aliphatic heterocycles. The van der Waals surface area contributed by atoms with Gasteiger partial charge < -0.3 is 22.1 Å². The fourth-order valence-electron chi connectivity index (χ4n) is 3.07. The van der Waals surface area contributed by atoms with Gasteiger partial charge in [0.15, 0.2) is 0 Å². The van der Waals surface area contributed by atoms with Crippen LogP contribution in [0.1, 0.15) is 11.1 Å². The third-order valence-corrected chi connectivity index (χ3v) is 4.71. The molecule has 3 rings (SSSR count). The Morgan fingerprint density at radius 3 is 1.30 bits per heavy atom. The summed E-state index contributed by atoms with van der Waals surface area (Å²) in [5, 5.41) is 5.61. The van der Waals surface area contributed by atoms with Gasteiger partial charge in [0, 0.05) is 0 Å². The molecule has 0 aliphatic rings. The highest BCUT2D eigenvalue weighted by Crippen LogP contribution is 2.21. The molecule has 154 valence electrons. The van der Waals surface area contributed by atoms with Gasteiger partial charge in [-0.3, -0.25) is 9.59 Å². The summed E-state index contributed by atoms with van der Waals surface area (Å²) < 4.78 is 0. The van der Waals surface area contributed by atoms with Crippen LogP contribution in [0.5, 0.6) is 0 Å². The van der Waals surface area contributed by atoms with Crippen LogP contribution in [0.15, 0.2) is 84.9 Å². The van der Waals surface area contributed by atoms with Crippen molar-refractivity contribution in [2.45, 2.75) is 24.9 Å². The number of nitrogens with two attached hydrogens (primary N) is 2. The fraction of sp³-hybridized carbons (Fsp3) is 0.167. The molecule has 2 amide bonds. The van der Waals surface area contributed by atoms with Crippen LogP contribution < -0.4 is 22.1 Å². The van der Waals surface area contributed by atoms with Crippen LogP contribution in [0.2, 0.25) is 0 Å². The maximum Gasteiger partial charge on any atom is 0.241 e. The van der Waals surface area contributed by atoms with Gasteiger partial charge in [0.2, 0.25) is 11.8 Å². The summed E-state index contributed by atoms with van der Waals surface area (Å²) in [5.41, 5.74) is 15.0. The lowest BCUT2D eigenvalue weighted by molar-refractivity contribution is -0.118. The Morgan fingerprint density at radius 1 is 0.600 bits per heavy atom. The largest absolute Gasteiger partial charge is 0.323 e. The van der Waals surface area contributed by atoms with Crippen LogP contribution in [0, 0.1) is 0 Å². The molecule has 0 fully saturated rings. The first-order valence-corrected chi connectivity index (χ1v) is 9.82. The number of rotatable bonds is 8. The summed E-state index contributed by atoms with van der Waals surface area (Å²) in [7, 11) is 0. The first-order valence-electron chi connectivity index (χ1n) is 9.82. The minimum atomic E-state index is -0.712. The minimum Gasteiger partial charge on any atom is -0.323 e. The van der Waals surface area contributed by atoms with E-state index in [2.05, 4.69) is 10.6 Å². The van der Waals surface area contributed by atoms with E-state index < -0.39 is 12.1 Å². The summed E-state index contributed by atoms with van der Waals surface area (Å²) in [6, 6.07) is 24.7. The normalized spacial score (nSPS) is 12.6. The number of carbonyl (C=O) groups excluding carboxylic acids is 2. The van der Waals surface area contributed by atoms with Gasteiger partial charge in [-0.25, -0.2) is 0 Å². The van der Waals surface area contributed by atoms with Crippen LogP contribution >= 0.6 is 0 Å². The molecule has 6 N–H and O–H groups in total. The molecule has 0 aromatic heterocycles. The molecule has 6 heteroatoms. The third kappa shape index (κ3) is 6.01. The first kappa shape index (κ1) is 21.2. The summed E-state index contributed by atoms with van der Waals surface area (Å²) in [6.45, 7) is 0. The van der Waals surface area contributed by atoms with Crippen LogP contribution in [-0.2, 0) is 22.4 Å². The second kappa shape index (κ2) is 10.3. The number of hydrogen-bond acceptors (Lipinski definition) is 4. The van der Waals surface area contributed by atoms with Crippen molar-refractivity contribution in [3.05, 3.63) is 96.1 Å².